The van der Waals surface area contributed by atoms with Gasteiger partial charge in [0.25, 0.3) is 0 Å². The van der Waals surface area contributed by atoms with E-state index in [9.17, 15) is 13.6 Å². The van der Waals surface area contributed by atoms with Gasteiger partial charge in [-0.05, 0) is 25.8 Å². The molecule has 6 heteroatoms. The van der Waals surface area contributed by atoms with Gasteiger partial charge in [-0.15, -0.1) is 0 Å². The van der Waals surface area contributed by atoms with Crippen LogP contribution in [0.4, 0.5) is 8.78 Å². The lowest BCUT2D eigenvalue weighted by Crippen LogP contribution is -2.41. The fraction of sp³-hybridized carbons (Fsp3) is 0.929. The second-order valence-corrected chi connectivity index (χ2v) is 5.94. The zero-order chi connectivity index (χ0) is 14.6. The van der Waals surface area contributed by atoms with Crippen LogP contribution in [-0.4, -0.2) is 60.9 Å². The van der Waals surface area contributed by atoms with Crippen LogP contribution in [0.1, 0.15) is 32.1 Å². The number of hydrogen-bond acceptors (Lipinski definition) is 3. The van der Waals surface area contributed by atoms with Gasteiger partial charge in [-0.2, -0.15) is 0 Å². The van der Waals surface area contributed by atoms with E-state index < -0.39 is 5.92 Å². The number of amides is 1. The highest BCUT2D eigenvalue weighted by atomic mass is 19.3. The van der Waals surface area contributed by atoms with Crippen molar-refractivity contribution >= 4 is 5.91 Å². The molecule has 4 nitrogen and oxygen atoms in total. The van der Waals surface area contributed by atoms with E-state index in [1.54, 1.807) is 0 Å². The highest BCUT2D eigenvalue weighted by Crippen LogP contribution is 2.36. The lowest BCUT2D eigenvalue weighted by molar-refractivity contribution is -0.139. The largest absolute Gasteiger partial charge is 0.341 e. The summed E-state index contributed by atoms with van der Waals surface area (Å²) in [5, 5.41) is 0. The van der Waals surface area contributed by atoms with E-state index in [4.69, 9.17) is 5.73 Å². The van der Waals surface area contributed by atoms with Crippen LogP contribution in [0.5, 0.6) is 0 Å². The number of carbonyl (C=O) groups excluding carboxylic acids is 1. The number of hydrogen-bond donors (Lipinski definition) is 1. The van der Waals surface area contributed by atoms with Crippen LogP contribution in [0, 0.1) is 5.92 Å². The van der Waals surface area contributed by atoms with Crippen molar-refractivity contribution in [2.75, 3.05) is 39.3 Å². The lowest BCUT2D eigenvalue weighted by atomic mass is 9.86. The highest BCUT2D eigenvalue weighted by Gasteiger charge is 2.38. The average molecular weight is 289 g/mol. The van der Waals surface area contributed by atoms with Gasteiger partial charge < -0.3 is 15.5 Å². The van der Waals surface area contributed by atoms with E-state index in [2.05, 4.69) is 4.90 Å². The first-order valence-electron chi connectivity index (χ1n) is 7.61. The van der Waals surface area contributed by atoms with Crippen LogP contribution in [0.15, 0.2) is 0 Å². The molecule has 0 unspecified atom stereocenters. The molecule has 0 aromatic heterocycles. The molecular weight excluding hydrogens is 264 g/mol. The third-order valence-corrected chi connectivity index (χ3v) is 4.41. The number of carbonyl (C=O) groups is 1. The van der Waals surface area contributed by atoms with Gasteiger partial charge in [-0.25, -0.2) is 8.78 Å². The van der Waals surface area contributed by atoms with Crippen molar-refractivity contribution in [3.05, 3.63) is 0 Å². The minimum absolute atomic E-state index is 0.0788. The quantitative estimate of drug-likeness (QED) is 0.852. The summed E-state index contributed by atoms with van der Waals surface area (Å²) in [5.74, 6) is -2.68. The maximum atomic E-state index is 13.1. The molecule has 0 aromatic carbocycles. The molecule has 20 heavy (non-hydrogen) atoms. The molecule has 0 spiro atoms. The molecule has 1 saturated heterocycles. The van der Waals surface area contributed by atoms with Crippen molar-refractivity contribution in [2.45, 2.75) is 38.0 Å². The van der Waals surface area contributed by atoms with Crippen LogP contribution in [0.3, 0.4) is 0 Å². The van der Waals surface area contributed by atoms with Crippen LogP contribution < -0.4 is 5.73 Å². The summed E-state index contributed by atoms with van der Waals surface area (Å²) >= 11 is 0. The second kappa shape index (κ2) is 6.80. The van der Waals surface area contributed by atoms with E-state index in [-0.39, 0.29) is 24.7 Å². The molecule has 1 aliphatic heterocycles. The normalized spacial score (nSPS) is 25.4. The lowest BCUT2D eigenvalue weighted by Gasteiger charge is -2.31. The first-order valence-corrected chi connectivity index (χ1v) is 7.61. The number of rotatable bonds is 3. The Morgan fingerprint density at radius 3 is 2.50 bits per heavy atom. The zero-order valence-electron chi connectivity index (χ0n) is 12.0. The first-order chi connectivity index (χ1) is 9.52. The zero-order valence-corrected chi connectivity index (χ0v) is 12.0. The molecule has 1 aliphatic carbocycles. The molecule has 0 radical (unpaired) electrons. The summed E-state index contributed by atoms with van der Waals surface area (Å²) in [4.78, 5) is 16.6. The van der Waals surface area contributed by atoms with Crippen molar-refractivity contribution < 1.29 is 13.6 Å². The number of nitrogens with two attached hydrogens (primary N) is 1. The monoisotopic (exact) mass is 289 g/mol. The van der Waals surface area contributed by atoms with Crippen molar-refractivity contribution in [3.8, 4) is 0 Å². The molecule has 1 saturated carbocycles. The van der Waals surface area contributed by atoms with E-state index in [0.717, 1.165) is 32.6 Å². The predicted molar refractivity (Wildman–Crippen MR) is 73.6 cm³/mol. The Morgan fingerprint density at radius 1 is 1.15 bits per heavy atom. The van der Waals surface area contributed by atoms with Crippen LogP contribution in [0.25, 0.3) is 0 Å². The summed E-state index contributed by atoms with van der Waals surface area (Å²) in [6.07, 6.45) is 1.31. The SMILES string of the molecule is NCCN1CCCN(C(=O)C2CCC(F)(F)CC2)CC1. The third-order valence-electron chi connectivity index (χ3n) is 4.41. The van der Waals surface area contributed by atoms with Crippen molar-refractivity contribution in [1.29, 1.82) is 0 Å². The Kier molecular flexibility index (Phi) is 5.32. The first kappa shape index (κ1) is 15.6. The van der Waals surface area contributed by atoms with Gasteiger partial charge in [-0.3, -0.25) is 4.79 Å². The summed E-state index contributed by atoms with van der Waals surface area (Å²) < 4.78 is 26.3. The molecular formula is C14H25F2N3O. The second-order valence-electron chi connectivity index (χ2n) is 5.94. The fourth-order valence-corrected chi connectivity index (χ4v) is 3.14. The maximum Gasteiger partial charge on any atom is 0.248 e. The van der Waals surface area contributed by atoms with Crippen LogP contribution in [0.2, 0.25) is 0 Å². The molecule has 0 atom stereocenters. The van der Waals surface area contributed by atoms with Gasteiger partial charge in [0.1, 0.15) is 0 Å². The van der Waals surface area contributed by atoms with Gasteiger partial charge in [0.05, 0.1) is 0 Å². The Hall–Kier alpha value is -0.750. The number of alkyl halides is 2. The van der Waals surface area contributed by atoms with E-state index in [1.807, 2.05) is 4.90 Å². The minimum atomic E-state index is -2.56. The smallest absolute Gasteiger partial charge is 0.248 e. The van der Waals surface area contributed by atoms with Gasteiger partial charge in [-0.1, -0.05) is 0 Å². The predicted octanol–water partition coefficient (Wildman–Crippen LogP) is 1.30. The van der Waals surface area contributed by atoms with Gasteiger partial charge in [0, 0.05) is 51.5 Å². The topological polar surface area (TPSA) is 49.6 Å². The molecule has 1 heterocycles. The van der Waals surface area contributed by atoms with Gasteiger partial charge in [0.2, 0.25) is 11.8 Å². The van der Waals surface area contributed by atoms with Crippen LogP contribution >= 0.6 is 0 Å². The average Bonchev–Trinajstić information content (AvgIpc) is 2.64. The van der Waals surface area contributed by atoms with Gasteiger partial charge >= 0.3 is 0 Å². The van der Waals surface area contributed by atoms with E-state index >= 15 is 0 Å². The highest BCUT2D eigenvalue weighted by molar-refractivity contribution is 5.79. The third kappa shape index (κ3) is 4.12. The molecule has 2 rings (SSSR count). The van der Waals surface area contributed by atoms with Crippen molar-refractivity contribution in [3.63, 3.8) is 0 Å². The Morgan fingerprint density at radius 2 is 1.85 bits per heavy atom. The van der Waals surface area contributed by atoms with E-state index in [0.29, 0.717) is 25.9 Å². The van der Waals surface area contributed by atoms with Gasteiger partial charge in [0.15, 0.2) is 0 Å². The molecule has 1 amide bonds. The molecule has 0 bridgehead atoms. The van der Waals surface area contributed by atoms with Crippen LogP contribution in [-0.2, 0) is 4.79 Å². The van der Waals surface area contributed by atoms with Crippen molar-refractivity contribution in [2.24, 2.45) is 11.7 Å². The molecule has 2 N–H and O–H groups in total. The fourth-order valence-electron chi connectivity index (χ4n) is 3.14. The Balaban J connectivity index is 1.83. The minimum Gasteiger partial charge on any atom is -0.341 e. The van der Waals surface area contributed by atoms with E-state index in [1.165, 1.54) is 0 Å². The standard InChI is InChI=1S/C14H25F2N3O/c15-14(16)4-2-12(3-5-14)13(20)19-8-1-7-18(9-6-17)10-11-19/h12H,1-11,17H2. The summed E-state index contributed by atoms with van der Waals surface area (Å²) in [6.45, 7) is 4.73. The molecule has 2 aliphatic rings. The Labute approximate surface area is 119 Å². The summed E-state index contributed by atoms with van der Waals surface area (Å²) in [6, 6.07) is 0. The van der Waals surface area contributed by atoms with Crippen molar-refractivity contribution in [1.82, 2.24) is 9.80 Å². The Bertz CT molecular complexity index is 328. The molecule has 116 valence electrons. The molecule has 2 fully saturated rings. The summed E-state index contributed by atoms with van der Waals surface area (Å²) in [7, 11) is 0. The number of halogens is 2. The maximum absolute atomic E-state index is 13.1. The molecule has 0 aromatic rings. The number of nitrogens with zero attached hydrogens (tertiary/aromatic N) is 2. The summed E-state index contributed by atoms with van der Waals surface area (Å²) in [5.41, 5.74) is 5.55.